The van der Waals surface area contributed by atoms with Crippen molar-refractivity contribution in [2.24, 2.45) is 0 Å². The van der Waals surface area contributed by atoms with Gasteiger partial charge in [0.15, 0.2) is 22.9 Å². The number of aliphatic hydroxyl groups is 1. The van der Waals surface area contributed by atoms with Crippen molar-refractivity contribution in [3.8, 4) is 5.75 Å². The molecule has 0 saturated carbocycles. The third-order valence-corrected chi connectivity index (χ3v) is 4.01. The molecule has 1 saturated heterocycles. The van der Waals surface area contributed by atoms with Gasteiger partial charge in [-0.1, -0.05) is 0 Å². The molecule has 1 unspecified atom stereocenters. The number of halogens is 3. The highest BCUT2D eigenvalue weighted by Gasteiger charge is 2.53. The molecular formula is C14H18F3N3O4. The molecule has 7 nitrogen and oxygen atoms in total. The molecule has 134 valence electrons. The number of carbonyl (C=O) groups excluding carboxylic acids is 1. The summed E-state index contributed by atoms with van der Waals surface area (Å²) in [5.74, 6) is -0.516. The van der Waals surface area contributed by atoms with Crippen molar-refractivity contribution >= 4 is 11.8 Å². The molecule has 1 fully saturated rings. The summed E-state index contributed by atoms with van der Waals surface area (Å²) in [6.07, 6.45) is -4.38. The highest BCUT2D eigenvalue weighted by atomic mass is 19.4. The van der Waals surface area contributed by atoms with Crippen LogP contribution in [0.15, 0.2) is 6.33 Å². The Morgan fingerprint density at radius 3 is 2.58 bits per heavy atom. The first-order valence-electron chi connectivity index (χ1n) is 7.25. The van der Waals surface area contributed by atoms with Crippen molar-refractivity contribution in [2.75, 3.05) is 32.2 Å². The van der Waals surface area contributed by atoms with Crippen LogP contribution in [-0.2, 0) is 4.74 Å². The number of ether oxygens (including phenoxy) is 2. The summed E-state index contributed by atoms with van der Waals surface area (Å²) in [4.78, 5) is 21.1. The predicted octanol–water partition coefficient (Wildman–Crippen LogP) is 1.56. The van der Waals surface area contributed by atoms with Gasteiger partial charge in [-0.05, 0) is 12.8 Å². The van der Waals surface area contributed by atoms with Crippen LogP contribution >= 0.6 is 0 Å². The van der Waals surface area contributed by atoms with Gasteiger partial charge in [-0.25, -0.2) is 14.8 Å². The van der Waals surface area contributed by atoms with Crippen molar-refractivity contribution in [3.63, 3.8) is 0 Å². The van der Waals surface area contributed by atoms with E-state index in [2.05, 4.69) is 14.7 Å². The Balaban J connectivity index is 2.31. The summed E-state index contributed by atoms with van der Waals surface area (Å²) < 4.78 is 48.8. The minimum Gasteiger partial charge on any atom is -0.491 e. The van der Waals surface area contributed by atoms with Crippen LogP contribution in [0.5, 0.6) is 5.75 Å². The van der Waals surface area contributed by atoms with Crippen LogP contribution in [-0.4, -0.2) is 60.1 Å². The third kappa shape index (κ3) is 3.37. The van der Waals surface area contributed by atoms with Gasteiger partial charge in [0.2, 0.25) is 0 Å². The van der Waals surface area contributed by atoms with Gasteiger partial charge in [0.25, 0.3) is 0 Å². The van der Waals surface area contributed by atoms with Crippen LogP contribution in [0, 0.1) is 0 Å². The lowest BCUT2D eigenvalue weighted by molar-refractivity contribution is -0.263. The Bertz CT molecular complexity index is 611. The van der Waals surface area contributed by atoms with Crippen molar-refractivity contribution in [1.29, 1.82) is 0 Å². The maximum atomic E-state index is 13.0. The highest BCUT2D eigenvalue weighted by molar-refractivity contribution is 5.92. The van der Waals surface area contributed by atoms with Crippen LogP contribution in [0.2, 0.25) is 0 Å². The van der Waals surface area contributed by atoms with Crippen molar-refractivity contribution in [2.45, 2.75) is 31.0 Å². The first-order valence-corrected chi connectivity index (χ1v) is 7.25. The average molecular weight is 349 g/mol. The fourth-order valence-corrected chi connectivity index (χ4v) is 2.63. The molecule has 0 radical (unpaired) electrons. The van der Waals surface area contributed by atoms with E-state index in [0.717, 1.165) is 6.33 Å². The number of alkyl halides is 3. The molecule has 0 aliphatic carbocycles. The van der Waals surface area contributed by atoms with E-state index in [1.165, 1.54) is 19.1 Å². The van der Waals surface area contributed by atoms with E-state index in [0.29, 0.717) is 0 Å². The zero-order chi connectivity index (χ0) is 18.0. The molecule has 1 N–H and O–H groups in total. The fraction of sp³-hybridized carbons (Fsp3) is 0.643. The molecule has 0 aromatic carbocycles. The minimum absolute atomic E-state index is 0.0294. The molecule has 24 heavy (non-hydrogen) atoms. The van der Waals surface area contributed by atoms with Crippen LogP contribution in [0.3, 0.4) is 0 Å². The third-order valence-electron chi connectivity index (χ3n) is 4.01. The van der Waals surface area contributed by atoms with Gasteiger partial charge >= 0.3 is 12.1 Å². The number of methoxy groups -OCH3 is 2. The number of hydrogen-bond acceptors (Lipinski definition) is 7. The van der Waals surface area contributed by atoms with Gasteiger partial charge in [0.05, 0.1) is 14.2 Å². The smallest absolute Gasteiger partial charge is 0.417 e. The molecule has 2 heterocycles. The number of nitrogens with zero attached hydrogens (tertiary/aromatic N) is 3. The summed E-state index contributed by atoms with van der Waals surface area (Å²) in [6, 6.07) is 0. The SMILES string of the molecule is COC(=O)c1ncnc(N2CCCC(O)(C(F)(F)F)CC2)c1OC. The first-order chi connectivity index (χ1) is 11.2. The second kappa shape index (κ2) is 6.80. The van der Waals surface area contributed by atoms with E-state index < -0.39 is 30.6 Å². The van der Waals surface area contributed by atoms with Gasteiger partial charge < -0.3 is 19.5 Å². The number of anilines is 1. The average Bonchev–Trinajstić information content (AvgIpc) is 2.75. The number of esters is 1. The standard InChI is InChI=1S/C14H18F3N3O4/c1-23-10-9(12(21)24-2)18-8-19-11(10)20-6-3-4-13(22,5-7-20)14(15,16)17/h8,22H,3-7H2,1-2H3. The second-order valence-electron chi connectivity index (χ2n) is 5.44. The summed E-state index contributed by atoms with van der Waals surface area (Å²) >= 11 is 0. The minimum atomic E-state index is -4.70. The van der Waals surface area contributed by atoms with E-state index >= 15 is 0 Å². The largest absolute Gasteiger partial charge is 0.491 e. The number of aromatic nitrogens is 2. The quantitative estimate of drug-likeness (QED) is 0.829. The maximum absolute atomic E-state index is 13.0. The second-order valence-corrected chi connectivity index (χ2v) is 5.44. The summed E-state index contributed by atoms with van der Waals surface area (Å²) in [6.45, 7) is 0.135. The lowest BCUT2D eigenvalue weighted by atomic mass is 9.94. The Kier molecular flexibility index (Phi) is 5.16. The van der Waals surface area contributed by atoms with Gasteiger partial charge in [-0.3, -0.25) is 0 Å². The van der Waals surface area contributed by atoms with Gasteiger partial charge in [-0.15, -0.1) is 0 Å². The van der Waals surface area contributed by atoms with Gasteiger partial charge in [0.1, 0.15) is 6.33 Å². The van der Waals surface area contributed by atoms with Crippen LogP contribution in [0.1, 0.15) is 29.8 Å². The van der Waals surface area contributed by atoms with Crippen molar-refractivity contribution < 1.29 is 32.5 Å². The van der Waals surface area contributed by atoms with E-state index in [9.17, 15) is 23.1 Å². The Morgan fingerprint density at radius 2 is 2.00 bits per heavy atom. The van der Waals surface area contributed by atoms with E-state index in [-0.39, 0.29) is 36.8 Å². The van der Waals surface area contributed by atoms with Crippen molar-refractivity contribution in [3.05, 3.63) is 12.0 Å². The van der Waals surface area contributed by atoms with E-state index in [1.807, 2.05) is 0 Å². The number of carbonyl (C=O) groups is 1. The molecule has 10 heteroatoms. The molecule has 1 aromatic rings. The lowest BCUT2D eigenvalue weighted by Gasteiger charge is -2.29. The summed E-state index contributed by atoms with van der Waals surface area (Å²) in [7, 11) is 2.48. The maximum Gasteiger partial charge on any atom is 0.417 e. The van der Waals surface area contributed by atoms with Crippen molar-refractivity contribution in [1.82, 2.24) is 9.97 Å². The van der Waals surface area contributed by atoms with Crippen LogP contribution < -0.4 is 9.64 Å². The Hall–Kier alpha value is -2.10. The molecule has 1 aromatic heterocycles. The highest BCUT2D eigenvalue weighted by Crippen LogP contribution is 2.40. The monoisotopic (exact) mass is 349 g/mol. The lowest BCUT2D eigenvalue weighted by Crippen LogP contribution is -2.45. The molecule has 0 spiro atoms. The van der Waals surface area contributed by atoms with Gasteiger partial charge in [-0.2, -0.15) is 13.2 Å². The molecule has 1 aliphatic heterocycles. The fourth-order valence-electron chi connectivity index (χ4n) is 2.63. The number of hydrogen-bond donors (Lipinski definition) is 1. The molecule has 0 amide bonds. The first kappa shape index (κ1) is 18.2. The zero-order valence-corrected chi connectivity index (χ0v) is 13.3. The molecule has 0 bridgehead atoms. The van der Waals surface area contributed by atoms with Crippen LogP contribution in [0.25, 0.3) is 0 Å². The summed E-state index contributed by atoms with van der Waals surface area (Å²) in [5.41, 5.74) is -2.84. The molecule has 2 rings (SSSR count). The number of rotatable bonds is 3. The predicted molar refractivity (Wildman–Crippen MR) is 77.0 cm³/mol. The normalized spacial score (nSPS) is 22.0. The van der Waals surface area contributed by atoms with E-state index in [1.54, 1.807) is 0 Å². The van der Waals surface area contributed by atoms with Crippen LogP contribution in [0.4, 0.5) is 19.0 Å². The topological polar surface area (TPSA) is 84.8 Å². The van der Waals surface area contributed by atoms with E-state index in [4.69, 9.17) is 4.74 Å². The zero-order valence-electron chi connectivity index (χ0n) is 13.3. The molecule has 1 aliphatic rings. The molecule has 1 atom stereocenters. The van der Waals surface area contributed by atoms with Gasteiger partial charge in [0, 0.05) is 19.5 Å². The Labute approximate surface area is 136 Å². The Morgan fingerprint density at radius 1 is 1.29 bits per heavy atom. The molecular weight excluding hydrogens is 331 g/mol. The summed E-state index contributed by atoms with van der Waals surface area (Å²) in [5, 5.41) is 9.87.